The van der Waals surface area contributed by atoms with Gasteiger partial charge in [-0.3, -0.25) is 14.8 Å². The van der Waals surface area contributed by atoms with E-state index in [9.17, 15) is 4.79 Å². The van der Waals surface area contributed by atoms with E-state index >= 15 is 4.39 Å². The van der Waals surface area contributed by atoms with Crippen LogP contribution in [0.25, 0.3) is 0 Å². The van der Waals surface area contributed by atoms with Crippen molar-refractivity contribution in [1.82, 2.24) is 4.90 Å². The van der Waals surface area contributed by atoms with Crippen molar-refractivity contribution in [3.63, 3.8) is 0 Å². The number of hydrogen-bond acceptors (Lipinski definition) is 6. The molecule has 0 aromatic heterocycles. The molecule has 1 aromatic rings. The zero-order valence-corrected chi connectivity index (χ0v) is 22.6. The molecule has 3 rings (SSSR count). The molecule has 1 N–H and O–H groups in total. The summed E-state index contributed by atoms with van der Waals surface area (Å²) in [7, 11) is 0. The molecule has 1 heterocycles. The Bertz CT molecular complexity index is 1070. The number of nitrogens with zero attached hydrogens (tertiary/aromatic N) is 5. The minimum atomic E-state index is -0.518. The summed E-state index contributed by atoms with van der Waals surface area (Å²) < 4.78 is 15.2. The largest absolute Gasteiger partial charge is 0.346 e. The van der Waals surface area contributed by atoms with E-state index in [2.05, 4.69) is 42.7 Å². The number of terminal acetylenes is 1. The lowest BCUT2D eigenvalue weighted by atomic mass is 10.1. The Labute approximate surface area is 221 Å². The lowest BCUT2D eigenvalue weighted by Crippen LogP contribution is -2.37. The number of carbonyl (C=O) groups is 1. The van der Waals surface area contributed by atoms with Gasteiger partial charge in [-0.15, -0.1) is 17.4 Å². The fourth-order valence-corrected chi connectivity index (χ4v) is 3.28. The Hall–Kier alpha value is -3.86. The highest BCUT2D eigenvalue weighted by atomic mass is 19.1. The molecule has 0 atom stereocenters. The highest BCUT2D eigenvalue weighted by Crippen LogP contribution is 2.30. The van der Waals surface area contributed by atoms with E-state index in [0.717, 1.165) is 25.8 Å². The molecule has 1 fully saturated rings. The van der Waals surface area contributed by atoms with Crippen LogP contribution in [0.5, 0.6) is 0 Å². The molecule has 198 valence electrons. The summed E-state index contributed by atoms with van der Waals surface area (Å²) in [6, 6.07) is 5.29. The molecular weight excluding hydrogens is 467 g/mol. The summed E-state index contributed by atoms with van der Waals surface area (Å²) in [4.78, 5) is 22.7. The number of unbranched alkanes of at least 4 members (excludes halogenated alkanes) is 1. The maximum atomic E-state index is 15.2. The Balaban J connectivity index is 0.000000751. The topological polar surface area (TPSA) is 81.8 Å². The van der Waals surface area contributed by atoms with Gasteiger partial charge in [-0.05, 0) is 78.6 Å². The number of aliphatic imine (C=N–C) groups is 2. The van der Waals surface area contributed by atoms with Crippen LogP contribution in [0.2, 0.25) is 0 Å². The quantitative estimate of drug-likeness (QED) is 0.146. The second kappa shape index (κ2) is 18.4. The number of allylic oxidation sites excluding steroid dienone is 3. The number of carbonyl (C=O) groups excluding carboxylic acids is 1. The SMILES string of the molecule is C#CC.CC=N/C(=C\CC/C=C\C)C(=O)Nc1cccc(C2=NN=CCN2C2CC2)c1F.CC=NCC. The summed E-state index contributed by atoms with van der Waals surface area (Å²) in [6.45, 7) is 10.8. The maximum Gasteiger partial charge on any atom is 0.273 e. The van der Waals surface area contributed by atoms with Crippen LogP contribution >= 0.6 is 0 Å². The Kier molecular flexibility index (Phi) is 15.5. The lowest BCUT2D eigenvalue weighted by molar-refractivity contribution is -0.112. The van der Waals surface area contributed by atoms with E-state index in [-0.39, 0.29) is 11.4 Å². The number of benzene rings is 1. The minimum Gasteiger partial charge on any atom is -0.346 e. The second-order valence-electron chi connectivity index (χ2n) is 7.90. The van der Waals surface area contributed by atoms with Crippen molar-refractivity contribution in [1.29, 1.82) is 0 Å². The summed E-state index contributed by atoms with van der Waals surface area (Å²) in [5.74, 6) is 1.80. The van der Waals surface area contributed by atoms with Crippen LogP contribution in [-0.2, 0) is 4.79 Å². The third-order valence-electron chi connectivity index (χ3n) is 5.03. The van der Waals surface area contributed by atoms with Gasteiger partial charge in [0.15, 0.2) is 11.7 Å². The number of halogens is 1. The van der Waals surface area contributed by atoms with E-state index < -0.39 is 11.7 Å². The maximum absolute atomic E-state index is 15.2. The summed E-state index contributed by atoms with van der Waals surface area (Å²) in [6.07, 6.45) is 19.0. The van der Waals surface area contributed by atoms with Gasteiger partial charge < -0.3 is 10.2 Å². The highest BCUT2D eigenvalue weighted by molar-refractivity contribution is 6.06. The average molecular weight is 507 g/mol. The molecule has 0 saturated heterocycles. The molecule has 1 saturated carbocycles. The number of nitrogens with one attached hydrogen (secondary N) is 1. The van der Waals surface area contributed by atoms with Crippen molar-refractivity contribution in [2.45, 2.75) is 66.3 Å². The molecule has 37 heavy (non-hydrogen) atoms. The van der Waals surface area contributed by atoms with Gasteiger partial charge in [0.1, 0.15) is 5.70 Å². The predicted molar refractivity (Wildman–Crippen MR) is 155 cm³/mol. The van der Waals surface area contributed by atoms with Crippen LogP contribution in [0.1, 0.15) is 65.9 Å². The van der Waals surface area contributed by atoms with E-state index in [1.165, 1.54) is 6.07 Å². The molecule has 2 aliphatic rings. The van der Waals surface area contributed by atoms with Crippen molar-refractivity contribution < 1.29 is 9.18 Å². The monoisotopic (exact) mass is 506 g/mol. The first kappa shape index (κ1) is 31.2. The van der Waals surface area contributed by atoms with Crippen molar-refractivity contribution in [2.75, 3.05) is 18.4 Å². The van der Waals surface area contributed by atoms with Gasteiger partial charge in [-0.25, -0.2) is 4.39 Å². The Morgan fingerprint density at radius 2 is 2.00 bits per heavy atom. The van der Waals surface area contributed by atoms with Crippen LogP contribution in [0.3, 0.4) is 0 Å². The van der Waals surface area contributed by atoms with Crippen LogP contribution < -0.4 is 5.32 Å². The normalized spacial score (nSPS) is 15.1. The molecule has 1 aromatic carbocycles. The first-order valence-corrected chi connectivity index (χ1v) is 12.6. The first-order chi connectivity index (χ1) is 18.0. The number of amidine groups is 1. The van der Waals surface area contributed by atoms with Crippen molar-refractivity contribution in [3.8, 4) is 12.3 Å². The van der Waals surface area contributed by atoms with Gasteiger partial charge in [0.05, 0.1) is 17.8 Å². The number of amides is 1. The van der Waals surface area contributed by atoms with Crippen LogP contribution in [0.4, 0.5) is 10.1 Å². The molecular formula is C29H39FN6O. The first-order valence-electron chi connectivity index (χ1n) is 12.6. The fourth-order valence-electron chi connectivity index (χ4n) is 3.28. The average Bonchev–Trinajstić information content (AvgIpc) is 3.74. The van der Waals surface area contributed by atoms with Crippen LogP contribution in [0.15, 0.2) is 62.3 Å². The predicted octanol–water partition coefficient (Wildman–Crippen LogP) is 6.04. The van der Waals surface area contributed by atoms with Crippen molar-refractivity contribution in [3.05, 3.63) is 53.5 Å². The van der Waals surface area contributed by atoms with Gasteiger partial charge >= 0.3 is 0 Å². The van der Waals surface area contributed by atoms with E-state index in [4.69, 9.17) is 0 Å². The minimum absolute atomic E-state index is 0.103. The van der Waals surface area contributed by atoms with E-state index in [0.29, 0.717) is 30.4 Å². The second-order valence-corrected chi connectivity index (χ2v) is 7.90. The van der Waals surface area contributed by atoms with Gasteiger partial charge in [0.2, 0.25) is 0 Å². The van der Waals surface area contributed by atoms with Gasteiger partial charge in [-0.2, -0.15) is 5.10 Å². The van der Waals surface area contributed by atoms with Crippen molar-refractivity contribution >= 4 is 36.1 Å². The van der Waals surface area contributed by atoms with Gasteiger partial charge in [0, 0.05) is 25.0 Å². The summed E-state index contributed by atoms with van der Waals surface area (Å²) >= 11 is 0. The standard InChI is InChI=1S/C22H26FN5O.C4H9N.C3H4/c1-3-5-6-7-10-19(24-4-2)22(29)26-18-11-8-9-17(20(18)23)21-27-25-14-15-28(21)16-12-13-16;1-3-5-4-2;1-3-2/h3-5,8-11,14,16H,6-7,12-13,15H2,1-2H3,(H,26,29);3H,4H2,1-2H3;1H,2H3/b5-3-,19-10-,24-4?;;. The lowest BCUT2D eigenvalue weighted by Gasteiger charge is -2.26. The fraction of sp³-hybridized carbons (Fsp3) is 0.414. The molecule has 7 nitrogen and oxygen atoms in total. The molecule has 0 radical (unpaired) electrons. The molecule has 1 amide bonds. The molecule has 0 unspecified atom stereocenters. The van der Waals surface area contributed by atoms with Crippen LogP contribution in [0, 0.1) is 18.2 Å². The summed E-state index contributed by atoms with van der Waals surface area (Å²) in [5, 5.41) is 10.8. The molecule has 0 spiro atoms. The zero-order chi connectivity index (χ0) is 27.5. The smallest absolute Gasteiger partial charge is 0.273 e. The number of rotatable bonds is 9. The Morgan fingerprint density at radius 3 is 2.57 bits per heavy atom. The van der Waals surface area contributed by atoms with Gasteiger partial charge in [-0.1, -0.05) is 24.3 Å². The molecule has 0 bridgehead atoms. The van der Waals surface area contributed by atoms with Gasteiger partial charge in [0.25, 0.3) is 5.91 Å². The zero-order valence-electron chi connectivity index (χ0n) is 22.6. The third kappa shape index (κ3) is 11.2. The Morgan fingerprint density at radius 1 is 1.27 bits per heavy atom. The summed E-state index contributed by atoms with van der Waals surface area (Å²) in [5.41, 5.74) is 0.705. The molecule has 1 aliphatic heterocycles. The van der Waals surface area contributed by atoms with Crippen molar-refractivity contribution in [2.24, 2.45) is 20.2 Å². The third-order valence-corrected chi connectivity index (χ3v) is 5.03. The van der Waals surface area contributed by atoms with E-state index in [1.54, 1.807) is 50.7 Å². The number of anilines is 1. The highest BCUT2D eigenvalue weighted by Gasteiger charge is 2.33. The number of hydrogen-bond donors (Lipinski definition) is 1. The van der Waals surface area contributed by atoms with E-state index in [1.807, 2.05) is 32.9 Å². The molecule has 8 heteroatoms. The molecule has 1 aliphatic carbocycles. The van der Waals surface area contributed by atoms with Crippen LogP contribution in [-0.4, -0.2) is 54.4 Å².